The van der Waals surface area contributed by atoms with Crippen molar-refractivity contribution in [1.82, 2.24) is 25.4 Å². The molecule has 0 radical (unpaired) electrons. The topological polar surface area (TPSA) is 96.5 Å². The van der Waals surface area contributed by atoms with Gasteiger partial charge in [0.15, 0.2) is 0 Å². The van der Waals surface area contributed by atoms with E-state index in [9.17, 15) is 4.79 Å². The highest BCUT2D eigenvalue weighted by molar-refractivity contribution is 7.15. The minimum Gasteiger partial charge on any atom is -0.294 e. The van der Waals surface area contributed by atoms with Crippen molar-refractivity contribution in [3.8, 4) is 0 Å². The summed E-state index contributed by atoms with van der Waals surface area (Å²) in [5.74, 6) is 0.997. The fraction of sp³-hybridized carbons (Fsp3) is 0.583. The third kappa shape index (κ3) is 3.83. The van der Waals surface area contributed by atoms with Crippen molar-refractivity contribution in [3.63, 3.8) is 0 Å². The van der Waals surface area contributed by atoms with Gasteiger partial charge < -0.3 is 0 Å². The molecule has 2 aromatic rings. The Hall–Kier alpha value is -1.83. The molecular weight excluding hydrogens is 276 g/mol. The number of carbonyl (C=O) groups is 1. The second-order valence-electron chi connectivity index (χ2n) is 4.91. The number of aromatic amines is 1. The van der Waals surface area contributed by atoms with E-state index in [0.29, 0.717) is 11.0 Å². The lowest BCUT2D eigenvalue weighted by Gasteiger charge is -1.97. The molecule has 0 bridgehead atoms. The Bertz CT molecular complexity index is 576. The predicted molar refractivity (Wildman–Crippen MR) is 76.8 cm³/mol. The standard InChI is InChI=1S/C12H18N6OS/c1-4-5-8-13-10(17-15-8)11(19)14-12-18-16-9(20-12)6-7(2)3/h7H,4-6H2,1-3H3,(H,13,15,17)(H,14,18,19). The lowest BCUT2D eigenvalue weighted by atomic mass is 10.1. The molecule has 0 unspecified atom stereocenters. The molecule has 0 spiro atoms. The molecule has 1 amide bonds. The fourth-order valence-corrected chi connectivity index (χ4v) is 2.58. The van der Waals surface area contributed by atoms with Crippen molar-refractivity contribution in [2.24, 2.45) is 5.92 Å². The molecule has 2 heterocycles. The summed E-state index contributed by atoms with van der Waals surface area (Å²) in [6.45, 7) is 6.27. The predicted octanol–water partition coefficient (Wildman–Crippen LogP) is 2.06. The second kappa shape index (κ2) is 6.56. The molecule has 0 saturated carbocycles. The van der Waals surface area contributed by atoms with Gasteiger partial charge in [0, 0.05) is 12.8 Å². The number of nitrogens with one attached hydrogen (secondary N) is 2. The summed E-state index contributed by atoms with van der Waals surface area (Å²) in [6, 6.07) is 0. The molecule has 2 rings (SSSR count). The second-order valence-corrected chi connectivity index (χ2v) is 5.97. The van der Waals surface area contributed by atoms with E-state index in [0.717, 1.165) is 30.1 Å². The normalized spacial score (nSPS) is 11.0. The van der Waals surface area contributed by atoms with Crippen LogP contribution in [0.2, 0.25) is 0 Å². The Balaban J connectivity index is 1.97. The zero-order chi connectivity index (χ0) is 14.5. The number of amides is 1. The van der Waals surface area contributed by atoms with Gasteiger partial charge in [0.05, 0.1) is 0 Å². The van der Waals surface area contributed by atoms with E-state index in [-0.39, 0.29) is 11.7 Å². The first-order valence-electron chi connectivity index (χ1n) is 6.63. The Labute approximate surface area is 121 Å². The average molecular weight is 294 g/mol. The van der Waals surface area contributed by atoms with Gasteiger partial charge in [-0.2, -0.15) is 0 Å². The number of hydrogen-bond acceptors (Lipinski definition) is 6. The van der Waals surface area contributed by atoms with Crippen LogP contribution in [0, 0.1) is 5.92 Å². The van der Waals surface area contributed by atoms with E-state index < -0.39 is 0 Å². The summed E-state index contributed by atoms with van der Waals surface area (Å²) in [4.78, 5) is 16.1. The number of anilines is 1. The van der Waals surface area contributed by atoms with Crippen molar-refractivity contribution in [2.45, 2.75) is 40.0 Å². The molecule has 0 aliphatic rings. The Kier molecular flexibility index (Phi) is 4.78. The highest BCUT2D eigenvalue weighted by Crippen LogP contribution is 2.18. The molecule has 0 aliphatic carbocycles. The van der Waals surface area contributed by atoms with Crippen molar-refractivity contribution in [2.75, 3.05) is 5.32 Å². The van der Waals surface area contributed by atoms with Crippen LogP contribution in [0.1, 0.15) is 48.6 Å². The third-order valence-corrected chi connectivity index (χ3v) is 3.35. The van der Waals surface area contributed by atoms with Crippen LogP contribution in [0.3, 0.4) is 0 Å². The zero-order valence-electron chi connectivity index (χ0n) is 11.8. The van der Waals surface area contributed by atoms with Gasteiger partial charge in [-0.05, 0) is 12.3 Å². The summed E-state index contributed by atoms with van der Waals surface area (Å²) in [5, 5.41) is 18.7. The molecule has 2 N–H and O–H groups in total. The van der Waals surface area contributed by atoms with Gasteiger partial charge in [0.25, 0.3) is 5.91 Å². The van der Waals surface area contributed by atoms with Gasteiger partial charge in [-0.3, -0.25) is 15.2 Å². The molecule has 108 valence electrons. The molecule has 8 heteroatoms. The van der Waals surface area contributed by atoms with Crippen molar-refractivity contribution >= 4 is 22.4 Å². The molecule has 0 aliphatic heterocycles. The van der Waals surface area contributed by atoms with Gasteiger partial charge >= 0.3 is 0 Å². The lowest BCUT2D eigenvalue weighted by molar-refractivity contribution is 0.101. The van der Waals surface area contributed by atoms with E-state index in [1.165, 1.54) is 11.3 Å². The minimum absolute atomic E-state index is 0.133. The van der Waals surface area contributed by atoms with Gasteiger partial charge in [0.2, 0.25) is 11.0 Å². The first-order valence-corrected chi connectivity index (χ1v) is 7.45. The van der Waals surface area contributed by atoms with Crippen LogP contribution in [0.15, 0.2) is 0 Å². The summed E-state index contributed by atoms with van der Waals surface area (Å²) >= 11 is 1.38. The van der Waals surface area contributed by atoms with Crippen LogP contribution in [0.4, 0.5) is 5.13 Å². The number of aromatic nitrogens is 5. The van der Waals surface area contributed by atoms with Crippen LogP contribution in [-0.2, 0) is 12.8 Å². The molecule has 20 heavy (non-hydrogen) atoms. The van der Waals surface area contributed by atoms with Crippen molar-refractivity contribution in [3.05, 3.63) is 16.7 Å². The average Bonchev–Trinajstić information content (AvgIpc) is 2.99. The van der Waals surface area contributed by atoms with Crippen LogP contribution < -0.4 is 5.32 Å². The van der Waals surface area contributed by atoms with Gasteiger partial charge in [0.1, 0.15) is 10.8 Å². The molecule has 2 aromatic heterocycles. The van der Waals surface area contributed by atoms with Gasteiger partial charge in [-0.15, -0.1) is 15.3 Å². The van der Waals surface area contributed by atoms with Crippen LogP contribution in [-0.4, -0.2) is 31.3 Å². The first-order chi connectivity index (χ1) is 9.58. The maximum Gasteiger partial charge on any atom is 0.297 e. The van der Waals surface area contributed by atoms with Gasteiger partial charge in [-0.1, -0.05) is 32.1 Å². The lowest BCUT2D eigenvalue weighted by Crippen LogP contribution is -2.13. The van der Waals surface area contributed by atoms with Crippen LogP contribution in [0.5, 0.6) is 0 Å². The third-order valence-electron chi connectivity index (χ3n) is 2.49. The SMILES string of the molecule is CCCc1nc(C(=O)Nc2nnc(CC(C)C)s2)n[nH]1. The van der Waals surface area contributed by atoms with E-state index in [1.807, 2.05) is 6.92 Å². The smallest absolute Gasteiger partial charge is 0.294 e. The van der Waals surface area contributed by atoms with Crippen LogP contribution in [0.25, 0.3) is 0 Å². The van der Waals surface area contributed by atoms with Gasteiger partial charge in [-0.25, -0.2) is 4.98 Å². The maximum absolute atomic E-state index is 11.9. The number of hydrogen-bond donors (Lipinski definition) is 2. The Morgan fingerprint density at radius 1 is 1.40 bits per heavy atom. The summed E-state index contributed by atoms with van der Waals surface area (Å²) in [7, 11) is 0. The monoisotopic (exact) mass is 294 g/mol. The molecule has 0 aromatic carbocycles. The quantitative estimate of drug-likeness (QED) is 0.850. The molecule has 0 fully saturated rings. The van der Waals surface area contributed by atoms with E-state index in [4.69, 9.17) is 0 Å². The number of rotatable bonds is 6. The van der Waals surface area contributed by atoms with E-state index in [1.54, 1.807) is 0 Å². The number of nitrogens with zero attached hydrogens (tertiary/aromatic N) is 4. The zero-order valence-corrected chi connectivity index (χ0v) is 12.6. The summed E-state index contributed by atoms with van der Waals surface area (Å²) in [5.41, 5.74) is 0. The minimum atomic E-state index is -0.365. The van der Waals surface area contributed by atoms with E-state index >= 15 is 0 Å². The number of carbonyl (C=O) groups excluding carboxylic acids is 1. The van der Waals surface area contributed by atoms with Crippen LogP contribution >= 0.6 is 11.3 Å². The van der Waals surface area contributed by atoms with Crippen molar-refractivity contribution < 1.29 is 4.79 Å². The first kappa shape index (κ1) is 14.6. The Morgan fingerprint density at radius 2 is 2.20 bits per heavy atom. The highest BCUT2D eigenvalue weighted by atomic mass is 32.1. The molecule has 0 saturated heterocycles. The highest BCUT2D eigenvalue weighted by Gasteiger charge is 2.15. The van der Waals surface area contributed by atoms with Crippen molar-refractivity contribution in [1.29, 1.82) is 0 Å². The van der Waals surface area contributed by atoms with E-state index in [2.05, 4.69) is 44.5 Å². The maximum atomic E-state index is 11.9. The fourth-order valence-electron chi connectivity index (χ4n) is 1.63. The molecular formula is C12H18N6OS. The molecule has 0 atom stereocenters. The molecule has 7 nitrogen and oxygen atoms in total. The largest absolute Gasteiger partial charge is 0.297 e. The number of aryl methyl sites for hydroxylation is 1. The summed E-state index contributed by atoms with van der Waals surface area (Å²) < 4.78 is 0. The Morgan fingerprint density at radius 3 is 2.90 bits per heavy atom. The number of H-pyrrole nitrogens is 1. The summed E-state index contributed by atoms with van der Waals surface area (Å²) in [6.07, 6.45) is 2.58.